The number of nitrogens with zero attached hydrogens (tertiary/aromatic N) is 2. The average Bonchev–Trinajstić information content (AvgIpc) is 2.86. The summed E-state index contributed by atoms with van der Waals surface area (Å²) in [6.07, 6.45) is 0.144. The van der Waals surface area contributed by atoms with Crippen molar-refractivity contribution in [2.24, 2.45) is 0 Å². The van der Waals surface area contributed by atoms with E-state index in [0.29, 0.717) is 11.4 Å². The first kappa shape index (κ1) is 24.1. The fourth-order valence-corrected chi connectivity index (χ4v) is 4.42. The number of rotatable bonds is 7. The lowest BCUT2D eigenvalue weighted by molar-refractivity contribution is -0.115. The SMILES string of the molecule is COc1ccc(CC(=O)Nc2ccc(N3CCN(c4cccc(C)c4C)CC3)cc2C(=O)O)cc1. The summed E-state index contributed by atoms with van der Waals surface area (Å²) in [5, 5.41) is 12.6. The molecule has 1 aliphatic heterocycles. The highest BCUT2D eigenvalue weighted by Gasteiger charge is 2.21. The molecule has 7 heteroatoms. The van der Waals surface area contributed by atoms with Crippen LogP contribution in [0.4, 0.5) is 17.1 Å². The summed E-state index contributed by atoms with van der Waals surface area (Å²) >= 11 is 0. The highest BCUT2D eigenvalue weighted by atomic mass is 16.5. The molecule has 0 radical (unpaired) electrons. The molecule has 182 valence electrons. The molecule has 1 amide bonds. The summed E-state index contributed by atoms with van der Waals surface area (Å²) in [5.74, 6) is -0.624. The van der Waals surface area contributed by atoms with E-state index in [0.717, 1.165) is 37.4 Å². The number of carbonyl (C=O) groups excluding carboxylic acids is 1. The lowest BCUT2D eigenvalue weighted by Crippen LogP contribution is -2.46. The Morgan fingerprint density at radius 3 is 2.29 bits per heavy atom. The Kier molecular flexibility index (Phi) is 7.25. The van der Waals surface area contributed by atoms with Crippen LogP contribution in [0.15, 0.2) is 60.7 Å². The van der Waals surface area contributed by atoms with E-state index in [1.165, 1.54) is 16.8 Å². The number of carboxylic acid groups (broad SMARTS) is 1. The standard InChI is InChI=1S/C28H31N3O4/c1-19-5-4-6-26(20(19)2)31-15-13-30(14-16-31)22-9-12-25(24(18-22)28(33)34)29-27(32)17-21-7-10-23(35-3)11-8-21/h4-12,18H,13-17H2,1-3H3,(H,29,32)(H,33,34). The average molecular weight is 474 g/mol. The van der Waals surface area contributed by atoms with Crippen LogP contribution in [0.2, 0.25) is 0 Å². The van der Waals surface area contributed by atoms with E-state index in [-0.39, 0.29) is 17.9 Å². The van der Waals surface area contributed by atoms with Crippen molar-refractivity contribution in [2.45, 2.75) is 20.3 Å². The zero-order valence-corrected chi connectivity index (χ0v) is 20.4. The van der Waals surface area contributed by atoms with Crippen LogP contribution < -0.4 is 19.9 Å². The van der Waals surface area contributed by atoms with Crippen LogP contribution in [-0.4, -0.2) is 50.3 Å². The van der Waals surface area contributed by atoms with Gasteiger partial charge in [0.15, 0.2) is 0 Å². The summed E-state index contributed by atoms with van der Waals surface area (Å²) < 4.78 is 5.14. The van der Waals surface area contributed by atoms with E-state index in [4.69, 9.17) is 4.74 Å². The number of nitrogens with one attached hydrogen (secondary N) is 1. The van der Waals surface area contributed by atoms with Gasteiger partial charge in [0.1, 0.15) is 5.75 Å². The van der Waals surface area contributed by atoms with Gasteiger partial charge in [-0.05, 0) is 66.9 Å². The second-order valence-corrected chi connectivity index (χ2v) is 8.80. The molecular formula is C28H31N3O4. The first-order valence-corrected chi connectivity index (χ1v) is 11.7. The van der Waals surface area contributed by atoms with Gasteiger partial charge in [-0.2, -0.15) is 0 Å². The summed E-state index contributed by atoms with van der Waals surface area (Å²) in [7, 11) is 1.59. The van der Waals surface area contributed by atoms with Gasteiger partial charge in [0.05, 0.1) is 24.8 Å². The second-order valence-electron chi connectivity index (χ2n) is 8.80. The maximum Gasteiger partial charge on any atom is 0.337 e. The molecule has 0 aromatic heterocycles. The van der Waals surface area contributed by atoms with Gasteiger partial charge in [0.25, 0.3) is 0 Å². The molecule has 35 heavy (non-hydrogen) atoms. The highest BCUT2D eigenvalue weighted by Crippen LogP contribution is 2.28. The number of benzene rings is 3. The van der Waals surface area contributed by atoms with Crippen LogP contribution in [0.3, 0.4) is 0 Å². The molecule has 0 spiro atoms. The number of hydrogen-bond acceptors (Lipinski definition) is 5. The molecule has 0 saturated carbocycles. The van der Waals surface area contributed by atoms with Gasteiger partial charge in [-0.1, -0.05) is 24.3 Å². The third-order valence-electron chi connectivity index (χ3n) is 6.59. The van der Waals surface area contributed by atoms with Crippen molar-refractivity contribution in [1.82, 2.24) is 0 Å². The van der Waals surface area contributed by atoms with E-state index in [9.17, 15) is 14.7 Å². The molecule has 0 atom stereocenters. The van der Waals surface area contributed by atoms with Gasteiger partial charge in [-0.25, -0.2) is 4.79 Å². The fraction of sp³-hybridized carbons (Fsp3) is 0.286. The molecular weight excluding hydrogens is 442 g/mol. The number of amides is 1. The zero-order valence-electron chi connectivity index (χ0n) is 20.4. The lowest BCUT2D eigenvalue weighted by atomic mass is 10.1. The third kappa shape index (κ3) is 5.57. The normalized spacial score (nSPS) is 13.5. The summed E-state index contributed by atoms with van der Waals surface area (Å²) in [6, 6.07) is 18.8. The fourth-order valence-electron chi connectivity index (χ4n) is 4.42. The van der Waals surface area contributed by atoms with E-state index < -0.39 is 5.97 Å². The zero-order chi connectivity index (χ0) is 24.9. The van der Waals surface area contributed by atoms with Gasteiger partial charge < -0.3 is 25.0 Å². The van der Waals surface area contributed by atoms with E-state index >= 15 is 0 Å². The van der Waals surface area contributed by atoms with Gasteiger partial charge >= 0.3 is 5.97 Å². The topological polar surface area (TPSA) is 82.1 Å². The Morgan fingerprint density at radius 1 is 0.943 bits per heavy atom. The minimum atomic E-state index is -1.07. The van der Waals surface area contributed by atoms with E-state index in [1.807, 2.05) is 18.2 Å². The van der Waals surface area contributed by atoms with Crippen molar-refractivity contribution in [3.63, 3.8) is 0 Å². The Morgan fingerprint density at radius 2 is 1.63 bits per heavy atom. The number of piperazine rings is 1. The monoisotopic (exact) mass is 473 g/mol. The molecule has 4 rings (SSSR count). The van der Waals surface area contributed by atoms with E-state index in [2.05, 4.69) is 47.2 Å². The Labute approximate surface area is 205 Å². The van der Waals surface area contributed by atoms with Gasteiger partial charge in [0, 0.05) is 37.6 Å². The smallest absolute Gasteiger partial charge is 0.337 e. The molecule has 1 aliphatic rings. The maximum atomic E-state index is 12.6. The van der Waals surface area contributed by atoms with Crippen molar-refractivity contribution in [3.05, 3.63) is 82.9 Å². The molecule has 0 unspecified atom stereocenters. The number of anilines is 3. The lowest BCUT2D eigenvalue weighted by Gasteiger charge is -2.38. The van der Waals surface area contributed by atoms with Crippen LogP contribution in [0, 0.1) is 13.8 Å². The van der Waals surface area contributed by atoms with Crippen LogP contribution in [0.25, 0.3) is 0 Å². The number of methoxy groups -OCH3 is 1. The van der Waals surface area contributed by atoms with Crippen LogP contribution in [-0.2, 0) is 11.2 Å². The minimum absolute atomic E-state index is 0.0857. The molecule has 1 heterocycles. The molecule has 0 aliphatic carbocycles. The van der Waals surface area contributed by atoms with Gasteiger partial charge in [0.2, 0.25) is 5.91 Å². The maximum absolute atomic E-state index is 12.6. The van der Waals surface area contributed by atoms with Crippen LogP contribution >= 0.6 is 0 Å². The van der Waals surface area contributed by atoms with Crippen LogP contribution in [0.5, 0.6) is 5.75 Å². The number of ether oxygens (including phenoxy) is 1. The van der Waals surface area contributed by atoms with Crippen molar-refractivity contribution in [1.29, 1.82) is 0 Å². The van der Waals surface area contributed by atoms with Gasteiger partial charge in [-0.15, -0.1) is 0 Å². The molecule has 1 saturated heterocycles. The number of aromatic carboxylic acids is 1. The molecule has 0 bridgehead atoms. The molecule has 3 aromatic rings. The first-order chi connectivity index (χ1) is 16.9. The van der Waals surface area contributed by atoms with Crippen molar-refractivity contribution in [2.75, 3.05) is 48.4 Å². The van der Waals surface area contributed by atoms with Crippen LogP contribution in [0.1, 0.15) is 27.0 Å². The predicted molar refractivity (Wildman–Crippen MR) is 139 cm³/mol. The number of aryl methyl sites for hydroxylation is 1. The minimum Gasteiger partial charge on any atom is -0.497 e. The predicted octanol–water partition coefficient (Wildman–Crippen LogP) is 4.52. The third-order valence-corrected chi connectivity index (χ3v) is 6.59. The number of carboxylic acids is 1. The Balaban J connectivity index is 1.43. The summed E-state index contributed by atoms with van der Waals surface area (Å²) in [4.78, 5) is 29.1. The quantitative estimate of drug-likeness (QED) is 0.525. The number of carbonyl (C=O) groups is 2. The largest absolute Gasteiger partial charge is 0.497 e. The summed E-state index contributed by atoms with van der Waals surface area (Å²) in [6.45, 7) is 7.56. The molecule has 1 fully saturated rings. The first-order valence-electron chi connectivity index (χ1n) is 11.7. The van der Waals surface area contributed by atoms with Crippen molar-refractivity contribution >= 4 is 28.9 Å². The Bertz CT molecular complexity index is 1220. The van der Waals surface area contributed by atoms with Gasteiger partial charge in [-0.3, -0.25) is 4.79 Å². The van der Waals surface area contributed by atoms with Crippen molar-refractivity contribution < 1.29 is 19.4 Å². The highest BCUT2D eigenvalue weighted by molar-refractivity contribution is 6.01. The van der Waals surface area contributed by atoms with Crippen molar-refractivity contribution in [3.8, 4) is 5.75 Å². The Hall–Kier alpha value is -4.00. The van der Waals surface area contributed by atoms with E-state index in [1.54, 1.807) is 31.4 Å². The summed E-state index contributed by atoms with van der Waals surface area (Å²) in [5.41, 5.74) is 5.88. The molecule has 7 nitrogen and oxygen atoms in total. The number of hydrogen-bond donors (Lipinski definition) is 2. The second kappa shape index (κ2) is 10.5. The molecule has 3 aromatic carbocycles. The molecule has 2 N–H and O–H groups in total.